The highest BCUT2D eigenvalue weighted by Crippen LogP contribution is 2.25. The molecule has 3 aromatic rings. The fourth-order valence-corrected chi connectivity index (χ4v) is 3.94. The number of hydrogen-bond donors (Lipinski definition) is 2. The van der Waals surface area contributed by atoms with Crippen molar-refractivity contribution >= 4 is 69.8 Å². The number of nitrogens with one attached hydrogen (secondary N) is 2. The number of amides is 2. The first-order chi connectivity index (χ1) is 13.9. The second kappa shape index (κ2) is 10.0. The molecule has 0 heterocycles. The molecule has 0 unspecified atom stereocenters. The van der Waals surface area contributed by atoms with Crippen LogP contribution >= 0.6 is 46.6 Å². The van der Waals surface area contributed by atoms with Crippen LogP contribution in [-0.2, 0) is 4.79 Å². The van der Waals surface area contributed by atoms with Crippen LogP contribution in [0.1, 0.15) is 10.4 Å². The summed E-state index contributed by atoms with van der Waals surface area (Å²) in [6.45, 7) is 0. The van der Waals surface area contributed by atoms with Gasteiger partial charge in [0, 0.05) is 36.9 Å². The smallest absolute Gasteiger partial charge is 0.255 e. The summed E-state index contributed by atoms with van der Waals surface area (Å²) in [7, 11) is 0. The van der Waals surface area contributed by atoms with Crippen molar-refractivity contribution in [1.29, 1.82) is 0 Å². The van der Waals surface area contributed by atoms with Crippen molar-refractivity contribution in [2.75, 3.05) is 16.4 Å². The number of rotatable bonds is 6. The predicted molar refractivity (Wildman–Crippen MR) is 122 cm³/mol. The Balaban J connectivity index is 1.58. The molecule has 4 nitrogen and oxygen atoms in total. The van der Waals surface area contributed by atoms with Gasteiger partial charge < -0.3 is 10.6 Å². The molecular formula is C21H15Cl3N2O2S. The van der Waals surface area contributed by atoms with Crippen molar-refractivity contribution in [3.63, 3.8) is 0 Å². The lowest BCUT2D eigenvalue weighted by atomic mass is 10.2. The van der Waals surface area contributed by atoms with E-state index in [1.165, 1.54) is 11.8 Å². The molecule has 0 aliphatic carbocycles. The van der Waals surface area contributed by atoms with Crippen molar-refractivity contribution in [1.82, 2.24) is 0 Å². The van der Waals surface area contributed by atoms with Crippen LogP contribution in [0, 0.1) is 0 Å². The van der Waals surface area contributed by atoms with Crippen molar-refractivity contribution in [3.8, 4) is 0 Å². The molecule has 3 rings (SSSR count). The summed E-state index contributed by atoms with van der Waals surface area (Å²) >= 11 is 19.1. The van der Waals surface area contributed by atoms with Crippen LogP contribution in [0.4, 0.5) is 11.4 Å². The van der Waals surface area contributed by atoms with E-state index in [-0.39, 0.29) is 17.6 Å². The molecule has 0 bridgehead atoms. The standard InChI is InChI=1S/C21H15Cl3N2O2S/c22-14-4-1-3-13(7-14)21(28)26-17-5-2-6-19(11-17)29-12-20(27)25-18-9-15(23)8-16(24)10-18/h1-11H,12H2,(H,25,27)(H,26,28). The molecule has 148 valence electrons. The second-order valence-corrected chi connectivity index (χ2v) is 8.35. The van der Waals surface area contributed by atoms with Crippen LogP contribution in [-0.4, -0.2) is 17.6 Å². The first-order valence-corrected chi connectivity index (χ1v) is 10.6. The maximum Gasteiger partial charge on any atom is 0.255 e. The number of carbonyl (C=O) groups is 2. The van der Waals surface area contributed by atoms with E-state index in [1.807, 2.05) is 12.1 Å². The number of benzene rings is 3. The molecule has 2 amide bonds. The lowest BCUT2D eigenvalue weighted by Gasteiger charge is -2.09. The highest BCUT2D eigenvalue weighted by Gasteiger charge is 2.09. The Labute approximate surface area is 187 Å². The fourth-order valence-electron chi connectivity index (χ4n) is 2.47. The lowest BCUT2D eigenvalue weighted by molar-refractivity contribution is -0.113. The highest BCUT2D eigenvalue weighted by atomic mass is 35.5. The van der Waals surface area contributed by atoms with E-state index in [9.17, 15) is 9.59 Å². The van der Waals surface area contributed by atoms with E-state index in [4.69, 9.17) is 34.8 Å². The maximum atomic E-state index is 12.3. The van der Waals surface area contributed by atoms with Gasteiger partial charge in [0.1, 0.15) is 0 Å². The molecule has 3 aromatic carbocycles. The summed E-state index contributed by atoms with van der Waals surface area (Å²) in [5.41, 5.74) is 1.63. The number of hydrogen-bond acceptors (Lipinski definition) is 3. The monoisotopic (exact) mass is 464 g/mol. The van der Waals surface area contributed by atoms with Crippen molar-refractivity contribution in [2.45, 2.75) is 4.90 Å². The van der Waals surface area contributed by atoms with Gasteiger partial charge >= 0.3 is 0 Å². The lowest BCUT2D eigenvalue weighted by Crippen LogP contribution is -2.14. The molecule has 0 saturated carbocycles. The van der Waals surface area contributed by atoms with E-state index in [1.54, 1.807) is 54.6 Å². The number of thioether (sulfide) groups is 1. The SMILES string of the molecule is O=C(CSc1cccc(NC(=O)c2cccc(Cl)c2)c1)Nc1cc(Cl)cc(Cl)c1. The molecular weight excluding hydrogens is 451 g/mol. The Morgan fingerprint density at radius 2 is 1.48 bits per heavy atom. The zero-order valence-electron chi connectivity index (χ0n) is 14.9. The summed E-state index contributed by atoms with van der Waals surface area (Å²) in [5, 5.41) is 6.97. The first kappa shape index (κ1) is 21.5. The molecule has 0 spiro atoms. The predicted octanol–water partition coefficient (Wildman–Crippen LogP) is 6.63. The van der Waals surface area contributed by atoms with Crippen LogP contribution in [0.3, 0.4) is 0 Å². The third kappa shape index (κ3) is 6.68. The minimum Gasteiger partial charge on any atom is -0.325 e. The normalized spacial score (nSPS) is 10.4. The molecule has 29 heavy (non-hydrogen) atoms. The number of halogens is 3. The van der Waals surface area contributed by atoms with Gasteiger partial charge in [-0.15, -0.1) is 11.8 Å². The van der Waals surface area contributed by atoms with Gasteiger partial charge in [-0.25, -0.2) is 0 Å². The maximum absolute atomic E-state index is 12.3. The average Bonchev–Trinajstić information content (AvgIpc) is 2.66. The molecule has 0 atom stereocenters. The quantitative estimate of drug-likeness (QED) is 0.402. The topological polar surface area (TPSA) is 58.2 Å². The zero-order valence-corrected chi connectivity index (χ0v) is 18.0. The van der Waals surface area contributed by atoms with E-state index >= 15 is 0 Å². The van der Waals surface area contributed by atoms with Crippen LogP contribution in [0.5, 0.6) is 0 Å². The third-order valence-corrected chi connectivity index (χ3v) is 5.36. The summed E-state index contributed by atoms with van der Waals surface area (Å²) in [6.07, 6.45) is 0. The molecule has 0 radical (unpaired) electrons. The van der Waals surface area contributed by atoms with Crippen LogP contribution in [0.2, 0.25) is 15.1 Å². The van der Waals surface area contributed by atoms with Gasteiger partial charge in [-0.3, -0.25) is 9.59 Å². The van der Waals surface area contributed by atoms with Gasteiger partial charge in [-0.1, -0.05) is 46.9 Å². The molecule has 0 aliphatic heterocycles. The van der Waals surface area contributed by atoms with Gasteiger partial charge in [0.15, 0.2) is 0 Å². The van der Waals surface area contributed by atoms with E-state index < -0.39 is 0 Å². The van der Waals surface area contributed by atoms with E-state index in [0.717, 1.165) is 4.90 Å². The summed E-state index contributed by atoms with van der Waals surface area (Å²) in [4.78, 5) is 25.4. The molecule has 0 fully saturated rings. The van der Waals surface area contributed by atoms with E-state index in [2.05, 4.69) is 10.6 Å². The summed E-state index contributed by atoms with van der Waals surface area (Å²) < 4.78 is 0. The Kier molecular flexibility index (Phi) is 7.45. The number of carbonyl (C=O) groups excluding carboxylic acids is 2. The summed E-state index contributed by atoms with van der Waals surface area (Å²) in [6, 6.07) is 18.8. The third-order valence-electron chi connectivity index (χ3n) is 3.69. The Morgan fingerprint density at radius 1 is 0.759 bits per heavy atom. The van der Waals surface area contributed by atoms with Gasteiger partial charge in [0.25, 0.3) is 5.91 Å². The van der Waals surface area contributed by atoms with Gasteiger partial charge in [0.2, 0.25) is 5.91 Å². The molecule has 0 saturated heterocycles. The van der Waals surface area contributed by atoms with Gasteiger partial charge in [-0.2, -0.15) is 0 Å². The van der Waals surface area contributed by atoms with Crippen LogP contribution < -0.4 is 10.6 Å². The minimum absolute atomic E-state index is 0.190. The van der Waals surface area contributed by atoms with Crippen molar-refractivity contribution in [2.24, 2.45) is 0 Å². The van der Waals surface area contributed by atoms with Gasteiger partial charge in [0.05, 0.1) is 5.75 Å². The Morgan fingerprint density at radius 3 is 2.21 bits per heavy atom. The van der Waals surface area contributed by atoms with Crippen LogP contribution in [0.15, 0.2) is 71.6 Å². The molecule has 8 heteroatoms. The second-order valence-electron chi connectivity index (χ2n) is 5.99. The van der Waals surface area contributed by atoms with Crippen molar-refractivity contribution in [3.05, 3.63) is 87.4 Å². The minimum atomic E-state index is -0.259. The zero-order chi connectivity index (χ0) is 20.8. The summed E-state index contributed by atoms with van der Waals surface area (Å²) in [5.74, 6) is -0.262. The first-order valence-electron chi connectivity index (χ1n) is 8.45. The van der Waals surface area contributed by atoms with E-state index in [0.29, 0.717) is 32.0 Å². The van der Waals surface area contributed by atoms with Crippen LogP contribution in [0.25, 0.3) is 0 Å². The molecule has 0 aliphatic rings. The Hall–Kier alpha value is -2.18. The molecule has 0 aromatic heterocycles. The highest BCUT2D eigenvalue weighted by molar-refractivity contribution is 8.00. The largest absolute Gasteiger partial charge is 0.325 e. The average molecular weight is 466 g/mol. The fraction of sp³-hybridized carbons (Fsp3) is 0.0476. The van der Waals surface area contributed by atoms with Crippen molar-refractivity contribution < 1.29 is 9.59 Å². The number of anilines is 2. The molecule has 2 N–H and O–H groups in total. The Bertz CT molecular complexity index is 1040. The van der Waals surface area contributed by atoms with Gasteiger partial charge in [-0.05, 0) is 54.6 Å².